The first-order chi connectivity index (χ1) is 23.0. The van der Waals surface area contributed by atoms with Crippen LogP contribution >= 0.6 is 0 Å². The van der Waals surface area contributed by atoms with Crippen molar-refractivity contribution in [1.82, 2.24) is 28.9 Å². The summed E-state index contributed by atoms with van der Waals surface area (Å²) in [5.74, 6) is -0.129. The fourth-order valence-electron chi connectivity index (χ4n) is 6.55. The first-order valence-corrected chi connectivity index (χ1v) is 17.1. The van der Waals surface area contributed by atoms with Crippen LogP contribution in [0.3, 0.4) is 0 Å². The number of nitrogens with zero attached hydrogens (tertiary/aromatic N) is 7. The monoisotopic (exact) mass is 666 g/mol. The molecule has 14 heteroatoms. The predicted molar refractivity (Wildman–Crippen MR) is 184 cm³/mol. The van der Waals surface area contributed by atoms with Crippen molar-refractivity contribution in [2.24, 2.45) is 4.40 Å². The molecule has 4 aromatic rings. The molecule has 1 fully saturated rings. The number of aromatic nitrogens is 4. The Morgan fingerprint density at radius 1 is 0.979 bits per heavy atom. The van der Waals surface area contributed by atoms with Crippen LogP contribution in [0.15, 0.2) is 81.0 Å². The van der Waals surface area contributed by atoms with Gasteiger partial charge in [0.25, 0.3) is 0 Å². The van der Waals surface area contributed by atoms with Gasteiger partial charge in [-0.2, -0.15) is 8.42 Å². The molecule has 0 saturated carbocycles. The molecule has 0 radical (unpaired) electrons. The fraction of sp³-hybridized carbons (Fsp3) is 0.265. The molecule has 0 atom stereocenters. The summed E-state index contributed by atoms with van der Waals surface area (Å²) in [7, 11) is -2.88. The molecular formula is C34H34N8O5S. The highest BCUT2D eigenvalue weighted by Crippen LogP contribution is 2.37. The van der Waals surface area contributed by atoms with Crippen molar-refractivity contribution in [3.05, 3.63) is 104 Å². The van der Waals surface area contributed by atoms with Crippen molar-refractivity contribution in [2.75, 3.05) is 39.0 Å². The Kier molecular flexibility index (Phi) is 7.93. The molecule has 1 amide bonds. The van der Waals surface area contributed by atoms with Gasteiger partial charge >= 0.3 is 22.0 Å². The van der Waals surface area contributed by atoms with Gasteiger partial charge in [0, 0.05) is 26.2 Å². The van der Waals surface area contributed by atoms with E-state index in [4.69, 9.17) is 10.7 Å². The second-order valence-corrected chi connectivity index (χ2v) is 13.2. The maximum absolute atomic E-state index is 14.2. The lowest BCUT2D eigenvalue weighted by molar-refractivity contribution is 0.155. The summed E-state index contributed by atoms with van der Waals surface area (Å²) >= 11 is 0. The summed E-state index contributed by atoms with van der Waals surface area (Å²) in [6.45, 7) is 4.20. The largest absolute Gasteiger partial charge is 0.382 e. The number of imidazole rings is 1. The lowest BCUT2D eigenvalue weighted by atomic mass is 9.85. The Labute approximate surface area is 276 Å². The first-order valence-electron chi connectivity index (χ1n) is 15.7. The van der Waals surface area contributed by atoms with Gasteiger partial charge in [0.15, 0.2) is 17.3 Å². The maximum atomic E-state index is 14.2. The number of allylic oxidation sites excluding steroid dienone is 4. The number of rotatable bonds is 6. The number of likely N-dealkylation sites (N-methyl/N-ethyl adjacent to an activating group) is 1. The average molecular weight is 667 g/mol. The van der Waals surface area contributed by atoms with Gasteiger partial charge in [-0.15, -0.1) is 4.40 Å². The van der Waals surface area contributed by atoms with E-state index >= 15 is 0 Å². The van der Waals surface area contributed by atoms with Gasteiger partial charge in [-0.1, -0.05) is 67.9 Å². The summed E-state index contributed by atoms with van der Waals surface area (Å²) in [4.78, 5) is 41.3. The Hall–Kier alpha value is -5.18. The molecule has 13 nitrogen and oxygen atoms in total. The van der Waals surface area contributed by atoms with E-state index in [9.17, 15) is 22.6 Å². The molecule has 7 rings (SSSR count). The minimum atomic E-state index is -4.85. The van der Waals surface area contributed by atoms with Gasteiger partial charge in [-0.3, -0.25) is 9.12 Å². The Balaban J connectivity index is 1.51. The molecule has 48 heavy (non-hydrogen) atoms. The molecule has 246 valence electrons. The number of nitrogens with two attached hydrogens (primary N) is 1. The van der Waals surface area contributed by atoms with Crippen LogP contribution in [0, 0.1) is 0 Å². The molecule has 3 aliphatic rings. The zero-order valence-corrected chi connectivity index (χ0v) is 27.3. The molecule has 0 bridgehead atoms. The third kappa shape index (κ3) is 5.57. The quantitative estimate of drug-likeness (QED) is 0.292. The molecule has 1 saturated heterocycles. The van der Waals surface area contributed by atoms with Crippen LogP contribution in [0.2, 0.25) is 0 Å². The summed E-state index contributed by atoms with van der Waals surface area (Å²) in [6, 6.07) is 16.5. The van der Waals surface area contributed by atoms with Crippen molar-refractivity contribution in [3.63, 3.8) is 0 Å². The molecule has 1 aliphatic heterocycles. The number of benzene rings is 2. The van der Waals surface area contributed by atoms with Crippen molar-refractivity contribution in [2.45, 2.75) is 26.3 Å². The van der Waals surface area contributed by atoms with Gasteiger partial charge in [-0.25, -0.2) is 24.1 Å². The van der Waals surface area contributed by atoms with Crippen molar-refractivity contribution in [1.29, 1.82) is 0 Å². The summed E-state index contributed by atoms with van der Waals surface area (Å²) in [5.41, 5.74) is 9.22. The first kappa shape index (κ1) is 31.4. The van der Waals surface area contributed by atoms with E-state index in [1.165, 1.54) is 4.57 Å². The predicted octanol–water partition coefficient (Wildman–Crippen LogP) is 1.82. The Bertz CT molecular complexity index is 2380. The number of anilines is 1. The number of carbonyl (C=O) groups is 1. The molecule has 0 unspecified atom stereocenters. The zero-order valence-electron chi connectivity index (χ0n) is 26.5. The van der Waals surface area contributed by atoms with E-state index in [-0.39, 0.29) is 40.6 Å². The second-order valence-electron chi connectivity index (χ2n) is 12.1. The van der Waals surface area contributed by atoms with Gasteiger partial charge in [0.1, 0.15) is 5.52 Å². The van der Waals surface area contributed by atoms with Crippen LogP contribution < -0.4 is 21.9 Å². The normalized spacial score (nSPS) is 17.5. The number of piperazine rings is 1. The fourth-order valence-corrected chi connectivity index (χ4v) is 6.99. The number of amides is 1. The van der Waals surface area contributed by atoms with Crippen LogP contribution in [0.4, 0.5) is 10.6 Å². The number of hydrogen-bond acceptors (Lipinski definition) is 8. The maximum Gasteiger partial charge on any atom is 0.378 e. The van der Waals surface area contributed by atoms with Crippen molar-refractivity contribution in [3.8, 4) is 0 Å². The molecular weight excluding hydrogens is 632 g/mol. The molecule has 0 spiro atoms. The van der Waals surface area contributed by atoms with Crippen LogP contribution in [0.25, 0.3) is 28.4 Å². The van der Waals surface area contributed by atoms with E-state index in [1.54, 1.807) is 4.90 Å². The summed E-state index contributed by atoms with van der Waals surface area (Å²) in [6.07, 6.45) is 4.88. The lowest BCUT2D eigenvalue weighted by Crippen LogP contribution is -2.50. The van der Waals surface area contributed by atoms with Crippen LogP contribution in [0.5, 0.6) is 0 Å². The number of carbonyl (C=O) groups excluding carboxylic acids is 1. The Morgan fingerprint density at radius 2 is 1.69 bits per heavy atom. The minimum absolute atomic E-state index is 0.00617. The average Bonchev–Trinajstić information content (AvgIpc) is 3.56. The Morgan fingerprint density at radius 3 is 2.40 bits per heavy atom. The highest BCUT2D eigenvalue weighted by Gasteiger charge is 2.33. The van der Waals surface area contributed by atoms with E-state index in [2.05, 4.69) is 14.3 Å². The van der Waals surface area contributed by atoms with Gasteiger partial charge in [0.2, 0.25) is 0 Å². The van der Waals surface area contributed by atoms with E-state index in [1.807, 2.05) is 80.7 Å². The van der Waals surface area contributed by atoms with Crippen molar-refractivity contribution < 1.29 is 17.8 Å². The lowest BCUT2D eigenvalue weighted by Gasteiger charge is -2.32. The van der Waals surface area contributed by atoms with Gasteiger partial charge < -0.3 is 15.5 Å². The van der Waals surface area contributed by atoms with Gasteiger partial charge in [-0.05, 0) is 58.3 Å². The SMILES string of the molecule is CCCC1=CC2=c3ccccc3=CC2=C(c2nc(N)c3c(n2)n(Cc2ccccc2)c(=O)n3C(=O)N2CCN(C)CC2)C1=NS(=O)(=O)O. The third-order valence-corrected chi connectivity index (χ3v) is 9.28. The zero-order chi connectivity index (χ0) is 33.7. The van der Waals surface area contributed by atoms with Gasteiger partial charge in [0.05, 0.1) is 17.8 Å². The number of nitrogen functional groups attached to an aromatic ring is 1. The van der Waals surface area contributed by atoms with Crippen LogP contribution in [0.1, 0.15) is 31.2 Å². The van der Waals surface area contributed by atoms with Crippen molar-refractivity contribution >= 4 is 56.3 Å². The third-order valence-electron chi connectivity index (χ3n) is 8.86. The number of fused-ring (bicyclic) bond motifs is 3. The standard InChI is InChI=1S/C34H34N8O5S/c1-3-9-23-19-25-24-13-8-7-12-22(24)18-26(25)27(28(23)38-48(45,46)47)31-36-30(35)29-32(37-31)41(20-21-10-5-4-6-11-21)34(44)42(29)33(43)40-16-14-39(2)15-17-40/h4-8,10-13,18-19H,3,9,14-17,20H2,1-2H3,(H2,35,36,37)(H,45,46,47). The molecule has 2 aromatic carbocycles. The van der Waals surface area contributed by atoms with E-state index in [0.29, 0.717) is 50.2 Å². The topological polar surface area (TPSA) is 169 Å². The van der Waals surface area contributed by atoms with Crippen LogP contribution in [-0.2, 0) is 16.8 Å². The molecule has 2 aromatic heterocycles. The molecule has 3 heterocycles. The van der Waals surface area contributed by atoms with Crippen LogP contribution in [-0.4, -0.2) is 86.8 Å². The number of hydrogen-bond donors (Lipinski definition) is 2. The minimum Gasteiger partial charge on any atom is -0.382 e. The molecule has 3 N–H and O–H groups in total. The summed E-state index contributed by atoms with van der Waals surface area (Å²) < 4.78 is 40.8. The summed E-state index contributed by atoms with van der Waals surface area (Å²) in [5, 5.41) is 1.84. The highest BCUT2D eigenvalue weighted by atomic mass is 32.2. The second kappa shape index (κ2) is 12.1. The smallest absolute Gasteiger partial charge is 0.378 e. The van der Waals surface area contributed by atoms with E-state index < -0.39 is 22.0 Å². The van der Waals surface area contributed by atoms with E-state index in [0.717, 1.165) is 26.1 Å². The molecule has 2 aliphatic carbocycles. The highest BCUT2D eigenvalue weighted by molar-refractivity contribution is 7.84.